The predicted octanol–water partition coefficient (Wildman–Crippen LogP) is 4.40. The highest BCUT2D eigenvalue weighted by atomic mass is 35.5. The molecule has 0 aliphatic heterocycles. The van der Waals surface area contributed by atoms with Gasteiger partial charge in [0, 0.05) is 31.6 Å². The van der Waals surface area contributed by atoms with Crippen LogP contribution in [0.3, 0.4) is 0 Å². The van der Waals surface area contributed by atoms with Crippen LogP contribution in [-0.2, 0) is 11.3 Å². The van der Waals surface area contributed by atoms with Crippen LogP contribution in [-0.4, -0.2) is 55.3 Å². The number of rotatable bonds is 10. The van der Waals surface area contributed by atoms with Crippen LogP contribution in [0.5, 0.6) is 0 Å². The number of aryl methyl sites for hydroxylation is 1. The molecule has 2 aromatic carbocycles. The summed E-state index contributed by atoms with van der Waals surface area (Å²) in [7, 11) is 4.01. The molecule has 2 amide bonds. The van der Waals surface area contributed by atoms with E-state index in [-0.39, 0.29) is 24.8 Å². The maximum Gasteiger partial charge on any atom is 0.251 e. The number of amides is 2. The summed E-state index contributed by atoms with van der Waals surface area (Å²) in [6, 6.07) is 12.8. The Bertz CT molecular complexity index is 871. The monoisotopic (exact) mass is 449 g/mol. The molecule has 5 nitrogen and oxygen atoms in total. The number of hydrogen-bond donors (Lipinski definition) is 1. The first-order valence-corrected chi connectivity index (χ1v) is 10.7. The highest BCUT2D eigenvalue weighted by molar-refractivity contribution is 6.42. The smallest absolute Gasteiger partial charge is 0.251 e. The molecule has 0 aliphatic carbocycles. The molecule has 0 aliphatic rings. The zero-order chi connectivity index (χ0) is 22.1. The molecule has 0 radical (unpaired) electrons. The van der Waals surface area contributed by atoms with Crippen molar-refractivity contribution in [3.8, 4) is 0 Å². The lowest BCUT2D eigenvalue weighted by Gasteiger charge is -2.24. The number of benzene rings is 2. The molecule has 2 rings (SSSR count). The largest absolute Gasteiger partial charge is 0.352 e. The Morgan fingerprint density at radius 2 is 1.73 bits per heavy atom. The van der Waals surface area contributed by atoms with E-state index in [1.54, 1.807) is 18.2 Å². The fraction of sp³-hybridized carbons (Fsp3) is 0.391. The number of halogens is 2. The van der Waals surface area contributed by atoms with Crippen LogP contribution in [0.25, 0.3) is 0 Å². The molecule has 162 valence electrons. The summed E-state index contributed by atoms with van der Waals surface area (Å²) in [6.45, 7) is 4.15. The van der Waals surface area contributed by atoms with E-state index in [1.807, 2.05) is 50.2 Å². The first-order chi connectivity index (χ1) is 14.3. The minimum absolute atomic E-state index is 0.00934. The van der Waals surface area contributed by atoms with Gasteiger partial charge in [-0.2, -0.15) is 0 Å². The van der Waals surface area contributed by atoms with Gasteiger partial charge < -0.3 is 15.1 Å². The summed E-state index contributed by atoms with van der Waals surface area (Å²) < 4.78 is 0. The van der Waals surface area contributed by atoms with Gasteiger partial charge in [0.2, 0.25) is 5.91 Å². The number of nitrogens with zero attached hydrogens (tertiary/aromatic N) is 2. The number of nitrogens with one attached hydrogen (secondary N) is 1. The fourth-order valence-corrected chi connectivity index (χ4v) is 3.41. The van der Waals surface area contributed by atoms with Crippen molar-refractivity contribution in [3.05, 3.63) is 69.2 Å². The molecule has 1 N–H and O–H groups in total. The molecule has 0 atom stereocenters. The van der Waals surface area contributed by atoms with E-state index in [1.165, 1.54) is 0 Å². The molecule has 0 aromatic heterocycles. The van der Waals surface area contributed by atoms with Crippen molar-refractivity contribution in [2.75, 3.05) is 33.7 Å². The van der Waals surface area contributed by atoms with Crippen LogP contribution in [0, 0.1) is 6.92 Å². The topological polar surface area (TPSA) is 52.7 Å². The summed E-state index contributed by atoms with van der Waals surface area (Å²) in [4.78, 5) is 29.1. The van der Waals surface area contributed by atoms with Gasteiger partial charge in [-0.1, -0.05) is 47.5 Å². The first-order valence-electron chi connectivity index (χ1n) is 9.98. The van der Waals surface area contributed by atoms with Gasteiger partial charge in [0.25, 0.3) is 5.91 Å². The van der Waals surface area contributed by atoms with Gasteiger partial charge in [0.15, 0.2) is 0 Å². The first kappa shape index (κ1) is 24.2. The van der Waals surface area contributed by atoms with Crippen molar-refractivity contribution in [3.63, 3.8) is 0 Å². The average Bonchev–Trinajstić information content (AvgIpc) is 2.69. The second kappa shape index (κ2) is 11.9. The summed E-state index contributed by atoms with van der Waals surface area (Å²) >= 11 is 12.1. The third-order valence-electron chi connectivity index (χ3n) is 4.76. The third-order valence-corrected chi connectivity index (χ3v) is 5.50. The second-order valence-corrected chi connectivity index (χ2v) is 8.36. The summed E-state index contributed by atoms with van der Waals surface area (Å²) in [5.41, 5.74) is 2.46. The standard InChI is InChI=1S/C23H29Cl2N3O2/c1-17-7-4-5-8-19(17)23(30)26-12-11-22(29)28(14-6-13-27(2)3)16-18-9-10-20(24)21(25)15-18/h4-5,7-10,15H,6,11-14,16H2,1-3H3,(H,26,30). The molecule has 7 heteroatoms. The Morgan fingerprint density at radius 3 is 2.40 bits per heavy atom. The third kappa shape index (κ3) is 7.63. The van der Waals surface area contributed by atoms with Crippen LogP contribution in [0.1, 0.15) is 34.3 Å². The van der Waals surface area contributed by atoms with Crippen molar-refractivity contribution in [2.45, 2.75) is 26.3 Å². The average molecular weight is 450 g/mol. The number of hydrogen-bond acceptors (Lipinski definition) is 3. The number of carbonyl (C=O) groups is 2. The number of carbonyl (C=O) groups excluding carboxylic acids is 2. The Kier molecular flexibility index (Phi) is 9.63. The Hall–Kier alpha value is -2.08. The van der Waals surface area contributed by atoms with Gasteiger partial charge in [-0.3, -0.25) is 9.59 Å². The zero-order valence-electron chi connectivity index (χ0n) is 17.8. The van der Waals surface area contributed by atoms with Crippen molar-refractivity contribution in [1.29, 1.82) is 0 Å². The Morgan fingerprint density at radius 1 is 1.00 bits per heavy atom. The highest BCUT2D eigenvalue weighted by Gasteiger charge is 2.16. The Labute approximate surface area is 189 Å². The van der Waals surface area contributed by atoms with E-state index in [0.717, 1.165) is 24.1 Å². The minimum atomic E-state index is -0.162. The van der Waals surface area contributed by atoms with Crippen molar-refractivity contribution in [1.82, 2.24) is 15.1 Å². The summed E-state index contributed by atoms with van der Waals surface area (Å²) in [5, 5.41) is 3.81. The van der Waals surface area contributed by atoms with Gasteiger partial charge in [-0.15, -0.1) is 0 Å². The minimum Gasteiger partial charge on any atom is -0.352 e. The molecule has 0 unspecified atom stereocenters. The van der Waals surface area contributed by atoms with Gasteiger partial charge >= 0.3 is 0 Å². The molecular weight excluding hydrogens is 421 g/mol. The van der Waals surface area contributed by atoms with E-state index >= 15 is 0 Å². The summed E-state index contributed by atoms with van der Waals surface area (Å²) in [6.07, 6.45) is 1.09. The molecular formula is C23H29Cl2N3O2. The fourth-order valence-electron chi connectivity index (χ4n) is 3.09. The van der Waals surface area contributed by atoms with Crippen LogP contribution < -0.4 is 5.32 Å². The maximum absolute atomic E-state index is 12.9. The molecule has 0 spiro atoms. The molecule has 0 bridgehead atoms. The summed E-state index contributed by atoms with van der Waals surface area (Å²) in [5.74, 6) is -0.172. The zero-order valence-corrected chi connectivity index (χ0v) is 19.3. The lowest BCUT2D eigenvalue weighted by molar-refractivity contribution is -0.131. The molecule has 2 aromatic rings. The SMILES string of the molecule is Cc1ccccc1C(=O)NCCC(=O)N(CCCN(C)C)Cc1ccc(Cl)c(Cl)c1. The van der Waals surface area contributed by atoms with Crippen molar-refractivity contribution in [2.24, 2.45) is 0 Å². The van der Waals surface area contributed by atoms with E-state index in [9.17, 15) is 9.59 Å². The van der Waals surface area contributed by atoms with E-state index in [4.69, 9.17) is 23.2 Å². The second-order valence-electron chi connectivity index (χ2n) is 7.54. The van der Waals surface area contributed by atoms with E-state index in [2.05, 4.69) is 10.2 Å². The van der Waals surface area contributed by atoms with Gasteiger partial charge in [-0.25, -0.2) is 0 Å². The van der Waals surface area contributed by atoms with Crippen LogP contribution >= 0.6 is 23.2 Å². The van der Waals surface area contributed by atoms with E-state index < -0.39 is 0 Å². The lowest BCUT2D eigenvalue weighted by Crippen LogP contribution is -2.36. The Balaban J connectivity index is 1.96. The highest BCUT2D eigenvalue weighted by Crippen LogP contribution is 2.23. The molecule has 0 heterocycles. The van der Waals surface area contributed by atoms with Gasteiger partial charge in [0.1, 0.15) is 0 Å². The predicted molar refractivity (Wildman–Crippen MR) is 123 cm³/mol. The van der Waals surface area contributed by atoms with E-state index in [0.29, 0.717) is 28.7 Å². The molecule has 0 saturated carbocycles. The van der Waals surface area contributed by atoms with Crippen molar-refractivity contribution >= 4 is 35.0 Å². The normalized spacial score (nSPS) is 10.9. The molecule has 30 heavy (non-hydrogen) atoms. The van der Waals surface area contributed by atoms with Crippen LogP contribution in [0.15, 0.2) is 42.5 Å². The van der Waals surface area contributed by atoms with Crippen molar-refractivity contribution < 1.29 is 9.59 Å². The van der Waals surface area contributed by atoms with Crippen LogP contribution in [0.2, 0.25) is 10.0 Å². The van der Waals surface area contributed by atoms with Gasteiger partial charge in [0.05, 0.1) is 10.0 Å². The lowest BCUT2D eigenvalue weighted by atomic mass is 10.1. The molecule has 0 saturated heterocycles. The molecule has 0 fully saturated rings. The quantitative estimate of drug-likeness (QED) is 0.584. The maximum atomic E-state index is 12.9. The van der Waals surface area contributed by atoms with Gasteiger partial charge in [-0.05, 0) is 63.3 Å². The van der Waals surface area contributed by atoms with Crippen LogP contribution in [0.4, 0.5) is 0 Å².